The molecule has 0 saturated carbocycles. The fraction of sp³-hybridized carbons (Fsp3) is 0.0385. The van der Waals surface area contributed by atoms with Crippen LogP contribution in [0, 0.1) is 11.3 Å². The van der Waals surface area contributed by atoms with Crippen LogP contribution in [0.25, 0.3) is 0 Å². The Labute approximate surface area is 172 Å². The van der Waals surface area contributed by atoms with Crippen LogP contribution in [0.2, 0.25) is 0 Å². The van der Waals surface area contributed by atoms with Crippen molar-refractivity contribution < 1.29 is 0 Å². The summed E-state index contributed by atoms with van der Waals surface area (Å²) in [5.74, 6) is 0. The van der Waals surface area contributed by atoms with Crippen LogP contribution < -0.4 is 21.6 Å². The van der Waals surface area contributed by atoms with Crippen LogP contribution in [-0.4, -0.2) is 6.16 Å². The standard InChI is InChI=1S/C26H21N2P/c27-19-21-16-17-26(28)22(18-21)20-29(23-10-4-1-5-11-23,24-12-6-2-7-13-24)25-14-8-3-9-15-25/h1-15,18,29H,20,28H2. The number of allylic oxidation sites excluding steroid dienone is 3. The zero-order valence-electron chi connectivity index (χ0n) is 16.0. The Morgan fingerprint density at radius 3 is 1.59 bits per heavy atom. The van der Waals surface area contributed by atoms with Gasteiger partial charge in [-0.2, -0.15) is 0 Å². The molecule has 0 aromatic heterocycles. The van der Waals surface area contributed by atoms with Gasteiger partial charge in [0.15, 0.2) is 0 Å². The number of hydrogen-bond donors (Lipinski definition) is 1. The van der Waals surface area contributed by atoms with Crippen LogP contribution in [0.3, 0.4) is 0 Å². The van der Waals surface area contributed by atoms with Gasteiger partial charge in [0.05, 0.1) is 0 Å². The van der Waals surface area contributed by atoms with Crippen LogP contribution in [0.4, 0.5) is 0 Å². The number of nitriles is 1. The molecule has 0 spiro atoms. The third-order valence-corrected chi connectivity index (χ3v) is 10.2. The molecule has 0 radical (unpaired) electrons. The molecule has 0 atom stereocenters. The second-order valence-corrected chi connectivity index (χ2v) is 10.9. The normalized spacial score (nSPS) is 13.7. The Morgan fingerprint density at radius 1 is 0.724 bits per heavy atom. The summed E-state index contributed by atoms with van der Waals surface area (Å²) in [4.78, 5) is 0. The van der Waals surface area contributed by atoms with E-state index in [-0.39, 0.29) is 0 Å². The van der Waals surface area contributed by atoms with Crippen LogP contribution in [-0.2, 0) is 0 Å². The molecule has 2 nitrogen and oxygen atoms in total. The summed E-state index contributed by atoms with van der Waals surface area (Å²) in [5.41, 5.74) is 14.1. The molecule has 0 fully saturated rings. The molecule has 3 heteroatoms. The summed E-state index contributed by atoms with van der Waals surface area (Å²) in [6.07, 6.45) is 2.61. The minimum atomic E-state index is -2.46. The molecule has 0 bridgehead atoms. The quantitative estimate of drug-likeness (QED) is 0.532. The zero-order valence-corrected chi connectivity index (χ0v) is 17.0. The van der Waals surface area contributed by atoms with E-state index >= 15 is 0 Å². The molecule has 3 aromatic carbocycles. The molecule has 2 N–H and O–H groups in total. The van der Waals surface area contributed by atoms with Gasteiger partial charge in [0.1, 0.15) is 0 Å². The molecule has 4 rings (SSSR count). The molecule has 29 heavy (non-hydrogen) atoms. The number of nitrogens with two attached hydrogens (primary N) is 1. The van der Waals surface area contributed by atoms with Crippen molar-refractivity contribution >= 4 is 23.2 Å². The first-order valence-corrected chi connectivity index (χ1v) is 11.7. The predicted octanol–water partition coefficient (Wildman–Crippen LogP) is 3.70. The van der Waals surface area contributed by atoms with E-state index in [4.69, 9.17) is 5.73 Å². The molecule has 0 heterocycles. The molecule has 1 aliphatic rings. The van der Waals surface area contributed by atoms with Gasteiger partial charge in [-0.3, -0.25) is 0 Å². The SMILES string of the molecule is N#CC1=C=C=C(N)C(C[PH](c2ccccc2)(c2ccccc2)c2ccccc2)=C1. The summed E-state index contributed by atoms with van der Waals surface area (Å²) >= 11 is 0. The van der Waals surface area contributed by atoms with E-state index in [1.807, 2.05) is 24.3 Å². The maximum absolute atomic E-state index is 9.37. The number of rotatable bonds is 5. The third-order valence-electron chi connectivity index (χ3n) is 5.37. The average Bonchev–Trinajstić information content (AvgIpc) is 2.80. The molecule has 0 saturated heterocycles. The first-order chi connectivity index (χ1) is 14.2. The van der Waals surface area contributed by atoms with Crippen molar-refractivity contribution in [1.29, 1.82) is 5.26 Å². The van der Waals surface area contributed by atoms with Crippen molar-refractivity contribution in [3.05, 3.63) is 125 Å². The third kappa shape index (κ3) is 3.60. The van der Waals surface area contributed by atoms with E-state index in [1.165, 1.54) is 15.9 Å². The van der Waals surface area contributed by atoms with Gasteiger partial charge in [-0.1, -0.05) is 0 Å². The summed E-state index contributed by atoms with van der Waals surface area (Å²) in [6.45, 7) is 0. The number of hydrogen-bond acceptors (Lipinski definition) is 2. The first kappa shape index (κ1) is 18.8. The van der Waals surface area contributed by atoms with Crippen molar-refractivity contribution in [2.24, 2.45) is 5.73 Å². The Balaban J connectivity index is 2.00. The number of benzene rings is 3. The van der Waals surface area contributed by atoms with E-state index in [0.717, 1.165) is 11.7 Å². The summed E-state index contributed by atoms with van der Waals surface area (Å²) in [5, 5.41) is 13.3. The van der Waals surface area contributed by atoms with Crippen LogP contribution in [0.1, 0.15) is 0 Å². The molecule has 0 unspecified atom stereocenters. The Kier molecular flexibility index (Phi) is 5.31. The second-order valence-electron chi connectivity index (χ2n) is 7.04. The van der Waals surface area contributed by atoms with Crippen LogP contribution in [0.5, 0.6) is 0 Å². The van der Waals surface area contributed by atoms with Gasteiger partial charge in [0.2, 0.25) is 0 Å². The van der Waals surface area contributed by atoms with E-state index in [2.05, 4.69) is 90.3 Å². The molecular formula is C26H21N2P. The van der Waals surface area contributed by atoms with Crippen LogP contribution >= 0.6 is 7.26 Å². The minimum absolute atomic E-state index is 0.464. The topological polar surface area (TPSA) is 49.8 Å². The van der Waals surface area contributed by atoms with Crippen molar-refractivity contribution in [1.82, 2.24) is 0 Å². The van der Waals surface area contributed by atoms with Gasteiger partial charge < -0.3 is 0 Å². The van der Waals surface area contributed by atoms with Gasteiger partial charge >= 0.3 is 172 Å². The Hall–Kier alpha value is -3.58. The van der Waals surface area contributed by atoms with E-state index < -0.39 is 7.26 Å². The first-order valence-electron chi connectivity index (χ1n) is 9.53. The Morgan fingerprint density at radius 2 is 1.17 bits per heavy atom. The van der Waals surface area contributed by atoms with Gasteiger partial charge in [0.25, 0.3) is 0 Å². The van der Waals surface area contributed by atoms with Crippen molar-refractivity contribution in [2.75, 3.05) is 6.16 Å². The number of nitrogens with zero attached hydrogens (tertiary/aromatic N) is 1. The van der Waals surface area contributed by atoms with Gasteiger partial charge in [-0.25, -0.2) is 0 Å². The molecule has 1 aliphatic carbocycles. The molecule has 0 amide bonds. The Bertz CT molecular complexity index is 1090. The van der Waals surface area contributed by atoms with Gasteiger partial charge in [0, 0.05) is 0 Å². The summed E-state index contributed by atoms with van der Waals surface area (Å²) < 4.78 is 0. The van der Waals surface area contributed by atoms with Crippen molar-refractivity contribution in [3.8, 4) is 6.07 Å². The average molecular weight is 392 g/mol. The van der Waals surface area contributed by atoms with E-state index in [1.54, 1.807) is 0 Å². The van der Waals surface area contributed by atoms with Gasteiger partial charge in [-0.05, 0) is 0 Å². The van der Waals surface area contributed by atoms with Gasteiger partial charge in [-0.15, -0.1) is 0 Å². The fourth-order valence-electron chi connectivity index (χ4n) is 3.97. The maximum atomic E-state index is 9.37. The monoisotopic (exact) mass is 392 g/mol. The van der Waals surface area contributed by atoms with E-state index in [9.17, 15) is 5.26 Å². The molecule has 0 aliphatic heterocycles. The summed E-state index contributed by atoms with van der Waals surface area (Å²) in [6, 6.07) is 34.2. The molecule has 140 valence electrons. The van der Waals surface area contributed by atoms with Crippen molar-refractivity contribution in [3.63, 3.8) is 0 Å². The van der Waals surface area contributed by atoms with Crippen molar-refractivity contribution in [2.45, 2.75) is 0 Å². The second kappa shape index (κ2) is 8.20. The predicted molar refractivity (Wildman–Crippen MR) is 123 cm³/mol. The molecular weight excluding hydrogens is 371 g/mol. The van der Waals surface area contributed by atoms with E-state index in [0.29, 0.717) is 11.3 Å². The molecule has 3 aromatic rings. The fourth-order valence-corrected chi connectivity index (χ4v) is 8.73. The zero-order chi connectivity index (χ0) is 20.1. The van der Waals surface area contributed by atoms with Crippen LogP contribution in [0.15, 0.2) is 125 Å². The summed E-state index contributed by atoms with van der Waals surface area (Å²) in [7, 11) is -2.46.